The van der Waals surface area contributed by atoms with Crippen molar-refractivity contribution in [2.45, 2.75) is 50.7 Å². The molecule has 0 saturated heterocycles. The van der Waals surface area contributed by atoms with Crippen LogP contribution in [0.2, 0.25) is 0 Å². The number of nitrogens with zero attached hydrogens (tertiary/aromatic N) is 5. The van der Waals surface area contributed by atoms with Crippen molar-refractivity contribution >= 4 is 28.6 Å². The van der Waals surface area contributed by atoms with E-state index >= 15 is 0 Å². The Bertz CT molecular complexity index is 864. The molecule has 0 radical (unpaired) electrons. The minimum atomic E-state index is -0.443. The predicted molar refractivity (Wildman–Crippen MR) is 103 cm³/mol. The van der Waals surface area contributed by atoms with Gasteiger partial charge in [-0.3, -0.25) is 4.90 Å². The number of hydrogen-bond donors (Lipinski definition) is 3. The molecule has 0 unspecified atom stereocenters. The quantitative estimate of drug-likeness (QED) is 0.768. The molecular formula is C18H25N7O. The van der Waals surface area contributed by atoms with Crippen LogP contribution in [-0.2, 0) is 6.54 Å². The number of rotatable bonds is 4. The Morgan fingerprint density at radius 1 is 1.15 bits per heavy atom. The van der Waals surface area contributed by atoms with Crippen LogP contribution in [0.4, 0.5) is 5.69 Å². The number of aliphatic hydroxyl groups is 1. The molecule has 1 aliphatic carbocycles. The number of aryl methyl sites for hydroxylation is 1. The molecule has 1 spiro atoms. The highest BCUT2D eigenvalue weighted by atomic mass is 16.3. The van der Waals surface area contributed by atoms with Crippen molar-refractivity contribution in [3.05, 3.63) is 24.5 Å². The molecule has 8 heteroatoms. The van der Waals surface area contributed by atoms with Crippen LogP contribution in [0.3, 0.4) is 0 Å². The standard InChI is InChI=1S/C18H25N7O/c19-16-22-17(20)25(18(23-16)7-2-1-3-8-18)13-5-6-15-14(11-13)21-12-24(15)9-4-10-26/h5-6,11-12,26H,1-4,7-10H2,(H4,19,20,22,23). The number of aliphatic hydroxyl groups excluding tert-OH is 1. The number of fused-ring (bicyclic) bond motifs is 1. The number of benzene rings is 1. The van der Waals surface area contributed by atoms with Crippen LogP contribution in [0.1, 0.15) is 38.5 Å². The van der Waals surface area contributed by atoms with Crippen LogP contribution in [0.15, 0.2) is 34.5 Å². The van der Waals surface area contributed by atoms with Gasteiger partial charge in [0.15, 0.2) is 0 Å². The lowest BCUT2D eigenvalue weighted by Gasteiger charge is -2.45. The van der Waals surface area contributed by atoms with Crippen molar-refractivity contribution in [2.24, 2.45) is 21.5 Å². The first kappa shape index (κ1) is 16.8. The zero-order valence-corrected chi connectivity index (χ0v) is 14.8. The monoisotopic (exact) mass is 355 g/mol. The Hall–Kier alpha value is -2.61. The maximum atomic E-state index is 9.05. The number of imidazole rings is 1. The van der Waals surface area contributed by atoms with Crippen LogP contribution in [0.25, 0.3) is 11.0 Å². The highest BCUT2D eigenvalue weighted by molar-refractivity contribution is 6.06. The second-order valence-corrected chi connectivity index (χ2v) is 7.01. The van der Waals surface area contributed by atoms with E-state index in [1.807, 2.05) is 29.4 Å². The van der Waals surface area contributed by atoms with Gasteiger partial charge < -0.3 is 21.1 Å². The Morgan fingerprint density at radius 2 is 1.96 bits per heavy atom. The van der Waals surface area contributed by atoms with Gasteiger partial charge in [0, 0.05) is 18.8 Å². The van der Waals surface area contributed by atoms with Gasteiger partial charge in [-0.25, -0.2) is 9.98 Å². The third-order valence-electron chi connectivity index (χ3n) is 5.27. The molecule has 5 N–H and O–H groups in total. The third kappa shape index (κ3) is 2.80. The minimum Gasteiger partial charge on any atom is -0.396 e. The lowest BCUT2D eigenvalue weighted by atomic mass is 9.87. The molecule has 2 aliphatic rings. The average Bonchev–Trinajstić information content (AvgIpc) is 3.02. The van der Waals surface area contributed by atoms with Crippen LogP contribution < -0.4 is 16.4 Å². The fourth-order valence-electron chi connectivity index (χ4n) is 4.11. The van der Waals surface area contributed by atoms with E-state index in [1.54, 1.807) is 0 Å². The Labute approximate surface area is 152 Å². The Balaban J connectivity index is 1.74. The fourth-order valence-corrected chi connectivity index (χ4v) is 4.11. The zero-order chi connectivity index (χ0) is 18.1. The van der Waals surface area contributed by atoms with E-state index in [1.165, 1.54) is 6.42 Å². The van der Waals surface area contributed by atoms with Crippen molar-refractivity contribution < 1.29 is 5.11 Å². The molecule has 0 atom stereocenters. The second kappa shape index (κ2) is 6.60. The summed E-state index contributed by atoms with van der Waals surface area (Å²) in [7, 11) is 0. The first-order chi connectivity index (χ1) is 12.6. The van der Waals surface area contributed by atoms with Gasteiger partial charge in [0.25, 0.3) is 0 Å². The van der Waals surface area contributed by atoms with Crippen LogP contribution in [0.5, 0.6) is 0 Å². The van der Waals surface area contributed by atoms with Crippen molar-refractivity contribution in [3.8, 4) is 0 Å². The van der Waals surface area contributed by atoms with E-state index in [4.69, 9.17) is 21.6 Å². The van der Waals surface area contributed by atoms with E-state index in [0.29, 0.717) is 12.4 Å². The van der Waals surface area contributed by atoms with Gasteiger partial charge in [0.2, 0.25) is 11.9 Å². The van der Waals surface area contributed by atoms with Gasteiger partial charge in [0.1, 0.15) is 5.66 Å². The normalized spacial score (nSPS) is 19.7. The molecule has 4 rings (SSSR count). The van der Waals surface area contributed by atoms with E-state index in [-0.39, 0.29) is 12.6 Å². The number of guanidine groups is 2. The number of aromatic nitrogens is 2. The van der Waals surface area contributed by atoms with Crippen molar-refractivity contribution in [2.75, 3.05) is 11.5 Å². The predicted octanol–water partition coefficient (Wildman–Crippen LogP) is 1.53. The van der Waals surface area contributed by atoms with Crippen molar-refractivity contribution in [1.82, 2.24) is 9.55 Å². The van der Waals surface area contributed by atoms with Crippen LogP contribution in [0, 0.1) is 0 Å². The second-order valence-electron chi connectivity index (χ2n) is 7.01. The molecule has 0 amide bonds. The highest BCUT2D eigenvalue weighted by Gasteiger charge is 2.42. The summed E-state index contributed by atoms with van der Waals surface area (Å²) in [6.07, 6.45) is 7.73. The molecular weight excluding hydrogens is 330 g/mol. The summed E-state index contributed by atoms with van der Waals surface area (Å²) in [5.41, 5.74) is 14.6. The van der Waals surface area contributed by atoms with Gasteiger partial charge in [-0.1, -0.05) is 6.42 Å². The summed E-state index contributed by atoms with van der Waals surface area (Å²) in [5.74, 6) is 0.647. The van der Waals surface area contributed by atoms with Gasteiger partial charge in [0.05, 0.1) is 17.4 Å². The largest absolute Gasteiger partial charge is 0.396 e. The van der Waals surface area contributed by atoms with Gasteiger partial charge in [-0.15, -0.1) is 0 Å². The van der Waals surface area contributed by atoms with Gasteiger partial charge in [-0.2, -0.15) is 4.99 Å². The lowest BCUT2D eigenvalue weighted by molar-refractivity contribution is 0.280. The van der Waals surface area contributed by atoms with E-state index in [2.05, 4.69) is 14.5 Å². The molecule has 2 aromatic rings. The SMILES string of the molecule is NC1=NC2(CCCCC2)N(c2ccc3c(c2)ncn3CCCO)C(N)=N1. The maximum absolute atomic E-state index is 9.05. The number of nitrogens with two attached hydrogens (primary N) is 2. The van der Waals surface area contributed by atoms with Gasteiger partial charge in [-0.05, 0) is 50.3 Å². The summed E-state index contributed by atoms with van der Waals surface area (Å²) in [6, 6.07) is 6.11. The molecule has 1 fully saturated rings. The number of anilines is 1. The molecule has 1 aromatic carbocycles. The smallest absolute Gasteiger partial charge is 0.220 e. The minimum absolute atomic E-state index is 0.167. The van der Waals surface area contributed by atoms with Crippen LogP contribution in [-0.4, -0.2) is 38.8 Å². The van der Waals surface area contributed by atoms with E-state index < -0.39 is 5.66 Å². The summed E-state index contributed by atoms with van der Waals surface area (Å²) in [6.45, 7) is 0.908. The molecule has 8 nitrogen and oxygen atoms in total. The summed E-state index contributed by atoms with van der Waals surface area (Å²) < 4.78 is 2.05. The molecule has 1 aromatic heterocycles. The topological polar surface area (TPSA) is 118 Å². The maximum Gasteiger partial charge on any atom is 0.220 e. The Morgan fingerprint density at radius 3 is 2.73 bits per heavy atom. The van der Waals surface area contributed by atoms with E-state index in [0.717, 1.165) is 48.9 Å². The molecule has 26 heavy (non-hydrogen) atoms. The number of aliphatic imine (C=N–C) groups is 2. The average molecular weight is 355 g/mol. The highest BCUT2D eigenvalue weighted by Crippen LogP contribution is 2.40. The molecule has 0 bridgehead atoms. The molecule has 138 valence electrons. The van der Waals surface area contributed by atoms with E-state index in [9.17, 15) is 0 Å². The lowest BCUT2D eigenvalue weighted by Crippen LogP contribution is -2.58. The Kier molecular flexibility index (Phi) is 4.28. The first-order valence-corrected chi connectivity index (χ1v) is 9.18. The van der Waals surface area contributed by atoms with Crippen molar-refractivity contribution in [3.63, 3.8) is 0 Å². The van der Waals surface area contributed by atoms with Crippen molar-refractivity contribution in [1.29, 1.82) is 0 Å². The molecule has 2 heterocycles. The summed E-state index contributed by atoms with van der Waals surface area (Å²) in [4.78, 5) is 15.5. The molecule has 1 saturated carbocycles. The van der Waals surface area contributed by atoms with Crippen LogP contribution >= 0.6 is 0 Å². The molecule has 1 aliphatic heterocycles. The fraction of sp³-hybridized carbons (Fsp3) is 0.500. The summed E-state index contributed by atoms with van der Waals surface area (Å²) in [5, 5.41) is 9.05. The third-order valence-corrected chi connectivity index (χ3v) is 5.27. The zero-order valence-electron chi connectivity index (χ0n) is 14.8. The number of hydrogen-bond acceptors (Lipinski definition) is 7. The van der Waals surface area contributed by atoms with Gasteiger partial charge >= 0.3 is 0 Å². The first-order valence-electron chi connectivity index (χ1n) is 9.18. The summed E-state index contributed by atoms with van der Waals surface area (Å²) >= 11 is 0.